The number of rotatable bonds is 2. The summed E-state index contributed by atoms with van der Waals surface area (Å²) in [5.74, 6) is -0.494. The van der Waals surface area contributed by atoms with Crippen molar-refractivity contribution in [1.82, 2.24) is 4.31 Å². The Kier molecular flexibility index (Phi) is 2.04. The smallest absolute Gasteiger partial charge is 0.324 e. The predicted molar refractivity (Wildman–Crippen MR) is 47.7 cm³/mol. The van der Waals surface area contributed by atoms with Gasteiger partial charge in [-0.05, 0) is 6.07 Å². The zero-order chi connectivity index (χ0) is 10.3. The van der Waals surface area contributed by atoms with Crippen LogP contribution in [-0.2, 0) is 14.0 Å². The molecule has 7 heteroatoms. The van der Waals surface area contributed by atoms with Crippen molar-refractivity contribution in [2.24, 2.45) is 0 Å². The fraction of sp³-hybridized carbons (Fsp3) is 0.286. The highest BCUT2D eigenvalue weighted by atomic mass is 35.7. The lowest BCUT2D eigenvalue weighted by molar-refractivity contribution is -0.137. The summed E-state index contributed by atoms with van der Waals surface area (Å²) in [5.41, 5.74) is 0.633. The van der Waals surface area contributed by atoms with Crippen molar-refractivity contribution in [2.45, 2.75) is 12.5 Å². The Morgan fingerprint density at radius 1 is 1.57 bits per heavy atom. The van der Waals surface area contributed by atoms with Gasteiger partial charge < -0.3 is 4.42 Å². The van der Waals surface area contributed by atoms with Crippen LogP contribution >= 0.6 is 10.7 Å². The van der Waals surface area contributed by atoms with E-state index in [2.05, 4.69) is 0 Å². The molecule has 0 bridgehead atoms. The lowest BCUT2D eigenvalue weighted by atomic mass is 10.0. The molecule has 0 N–H and O–H groups in total. The van der Waals surface area contributed by atoms with Crippen molar-refractivity contribution in [3.63, 3.8) is 0 Å². The average Bonchev–Trinajstić information content (AvgIpc) is 2.47. The molecule has 1 aliphatic heterocycles. The molecule has 0 radical (unpaired) electrons. The third-order valence-electron chi connectivity index (χ3n) is 2.06. The molecular formula is C7H6ClNO4S. The summed E-state index contributed by atoms with van der Waals surface area (Å²) in [6, 6.07) is 1.09. The zero-order valence-electron chi connectivity index (χ0n) is 6.88. The van der Waals surface area contributed by atoms with E-state index >= 15 is 0 Å². The Bertz CT molecular complexity index is 452. The van der Waals surface area contributed by atoms with Crippen molar-refractivity contribution in [1.29, 1.82) is 0 Å². The Balaban J connectivity index is 2.30. The van der Waals surface area contributed by atoms with Crippen LogP contribution in [0.25, 0.3) is 0 Å². The van der Waals surface area contributed by atoms with Gasteiger partial charge >= 0.3 is 9.24 Å². The van der Waals surface area contributed by atoms with Gasteiger partial charge in [0, 0.05) is 16.2 Å². The number of carbonyl (C=O) groups is 1. The molecule has 0 aromatic carbocycles. The van der Waals surface area contributed by atoms with E-state index in [-0.39, 0.29) is 6.42 Å². The molecule has 1 aliphatic rings. The predicted octanol–water partition coefficient (Wildman–Crippen LogP) is 1.04. The normalized spacial score (nSPS) is 22.2. The minimum atomic E-state index is -3.98. The summed E-state index contributed by atoms with van der Waals surface area (Å²) in [6.45, 7) is 0. The standard InChI is InChI=1S/C7H6ClNO4S/c8-14(11,12)9-6(3-7(9)10)5-1-2-13-4-5/h1-2,4,6H,3H2. The van der Waals surface area contributed by atoms with E-state index in [1.54, 1.807) is 6.07 Å². The van der Waals surface area contributed by atoms with Gasteiger partial charge in [0.1, 0.15) is 0 Å². The van der Waals surface area contributed by atoms with Gasteiger partial charge in [-0.15, -0.1) is 0 Å². The first kappa shape index (κ1) is 9.54. The second-order valence-electron chi connectivity index (χ2n) is 2.91. The van der Waals surface area contributed by atoms with Gasteiger partial charge in [-0.3, -0.25) is 4.79 Å². The molecule has 1 unspecified atom stereocenters. The molecule has 2 heterocycles. The van der Waals surface area contributed by atoms with Crippen LogP contribution in [0.5, 0.6) is 0 Å². The highest BCUT2D eigenvalue weighted by Crippen LogP contribution is 2.38. The lowest BCUT2D eigenvalue weighted by Crippen LogP contribution is -2.47. The maximum absolute atomic E-state index is 11.0. The summed E-state index contributed by atoms with van der Waals surface area (Å²) in [4.78, 5) is 11.0. The highest BCUT2D eigenvalue weighted by Gasteiger charge is 2.44. The summed E-state index contributed by atoms with van der Waals surface area (Å²) < 4.78 is 27.4. The van der Waals surface area contributed by atoms with Crippen LogP contribution in [0.15, 0.2) is 23.0 Å². The van der Waals surface area contributed by atoms with Crippen LogP contribution < -0.4 is 0 Å². The Labute approximate surface area is 84.8 Å². The van der Waals surface area contributed by atoms with E-state index in [1.807, 2.05) is 0 Å². The lowest BCUT2D eigenvalue weighted by Gasteiger charge is -2.36. The van der Waals surface area contributed by atoms with E-state index < -0.39 is 21.2 Å². The quantitative estimate of drug-likeness (QED) is 0.567. The molecule has 5 nitrogen and oxygen atoms in total. The van der Waals surface area contributed by atoms with Gasteiger partial charge in [-0.1, -0.05) is 0 Å². The Morgan fingerprint density at radius 2 is 2.29 bits per heavy atom. The number of β-lactam (4-membered cyclic amide) rings is 1. The molecule has 14 heavy (non-hydrogen) atoms. The molecular weight excluding hydrogens is 230 g/mol. The molecule has 0 aliphatic carbocycles. The number of hydrogen-bond acceptors (Lipinski definition) is 4. The SMILES string of the molecule is O=C1CC(c2ccoc2)N1S(=O)(=O)Cl. The first-order valence-electron chi connectivity index (χ1n) is 3.79. The van der Waals surface area contributed by atoms with Crippen molar-refractivity contribution in [2.75, 3.05) is 0 Å². The first-order chi connectivity index (χ1) is 6.50. The maximum atomic E-state index is 11.0. The second kappa shape index (κ2) is 2.99. The molecule has 2 rings (SSSR count). The Hall–Kier alpha value is -1.01. The van der Waals surface area contributed by atoms with Crippen LogP contribution in [0, 0.1) is 0 Å². The van der Waals surface area contributed by atoms with Crippen LogP contribution in [-0.4, -0.2) is 18.6 Å². The molecule has 76 valence electrons. The minimum Gasteiger partial charge on any atom is -0.472 e. The van der Waals surface area contributed by atoms with Crippen molar-refractivity contribution >= 4 is 25.8 Å². The van der Waals surface area contributed by atoms with Crippen molar-refractivity contribution < 1.29 is 17.6 Å². The maximum Gasteiger partial charge on any atom is 0.324 e. The number of amides is 1. The van der Waals surface area contributed by atoms with Crippen LogP contribution in [0.1, 0.15) is 18.0 Å². The van der Waals surface area contributed by atoms with E-state index in [9.17, 15) is 13.2 Å². The van der Waals surface area contributed by atoms with Gasteiger partial charge in [0.15, 0.2) is 0 Å². The fourth-order valence-electron chi connectivity index (χ4n) is 1.39. The molecule has 0 spiro atoms. The molecule has 1 aromatic rings. The van der Waals surface area contributed by atoms with Gasteiger partial charge in [-0.25, -0.2) is 4.31 Å². The molecule has 1 atom stereocenters. The van der Waals surface area contributed by atoms with E-state index in [0.717, 1.165) is 0 Å². The van der Waals surface area contributed by atoms with Crippen molar-refractivity contribution in [3.05, 3.63) is 24.2 Å². The second-order valence-corrected chi connectivity index (χ2v) is 5.30. The van der Waals surface area contributed by atoms with Crippen molar-refractivity contribution in [3.8, 4) is 0 Å². The molecule has 1 fully saturated rings. The third kappa shape index (κ3) is 1.40. The zero-order valence-corrected chi connectivity index (χ0v) is 8.46. The molecule has 1 saturated heterocycles. The van der Waals surface area contributed by atoms with E-state index in [1.165, 1.54) is 12.5 Å². The monoisotopic (exact) mass is 235 g/mol. The minimum absolute atomic E-state index is 0.144. The molecule has 1 amide bonds. The number of nitrogens with zero attached hydrogens (tertiary/aromatic N) is 1. The van der Waals surface area contributed by atoms with Gasteiger partial charge in [-0.2, -0.15) is 8.42 Å². The van der Waals surface area contributed by atoms with E-state index in [4.69, 9.17) is 15.1 Å². The molecule has 0 saturated carbocycles. The summed E-state index contributed by atoms with van der Waals surface area (Å²) in [5, 5.41) is 0. The van der Waals surface area contributed by atoms with Crippen LogP contribution in [0.3, 0.4) is 0 Å². The van der Waals surface area contributed by atoms with Gasteiger partial charge in [0.25, 0.3) is 0 Å². The number of carbonyl (C=O) groups excluding carboxylic acids is 1. The molecule has 1 aromatic heterocycles. The fourth-order valence-corrected chi connectivity index (χ4v) is 2.73. The summed E-state index contributed by atoms with van der Waals surface area (Å²) >= 11 is 0. The number of halogens is 1. The number of furan rings is 1. The van der Waals surface area contributed by atoms with Gasteiger partial charge in [0.2, 0.25) is 5.91 Å². The topological polar surface area (TPSA) is 67.6 Å². The van der Waals surface area contributed by atoms with Gasteiger partial charge in [0.05, 0.1) is 25.0 Å². The van der Waals surface area contributed by atoms with Crippen LogP contribution in [0.2, 0.25) is 0 Å². The number of hydrogen-bond donors (Lipinski definition) is 0. The summed E-state index contributed by atoms with van der Waals surface area (Å²) in [7, 11) is 1.11. The largest absolute Gasteiger partial charge is 0.472 e. The average molecular weight is 236 g/mol. The highest BCUT2D eigenvalue weighted by molar-refractivity contribution is 8.12. The summed E-state index contributed by atoms with van der Waals surface area (Å²) in [6.07, 6.45) is 2.95. The van der Waals surface area contributed by atoms with Crippen LogP contribution in [0.4, 0.5) is 0 Å². The Morgan fingerprint density at radius 3 is 2.71 bits per heavy atom. The first-order valence-corrected chi connectivity index (χ1v) is 6.05. The van der Waals surface area contributed by atoms with E-state index in [0.29, 0.717) is 9.87 Å². The third-order valence-corrected chi connectivity index (χ3v) is 3.43.